The molecule has 2 aromatic heterocycles. The molecule has 0 amide bonds. The molecule has 6 heteroatoms. The minimum Gasteiger partial charge on any atom is -0.478 e. The Morgan fingerprint density at radius 1 is 1.57 bits per heavy atom. The second kappa shape index (κ2) is 2.95. The predicted octanol–water partition coefficient (Wildman–Crippen LogP) is 1.39. The molecule has 0 fully saturated rings. The maximum Gasteiger partial charge on any atom is 0.339 e. The summed E-state index contributed by atoms with van der Waals surface area (Å²) < 4.78 is 1.41. The van der Waals surface area contributed by atoms with E-state index >= 15 is 0 Å². The Morgan fingerprint density at radius 2 is 2.29 bits per heavy atom. The number of nitrogens with zero attached hydrogens (tertiary/aromatic N) is 3. The monoisotopic (exact) mass is 211 g/mol. The number of fused-ring (bicyclic) bond motifs is 1. The average Bonchev–Trinajstić information content (AvgIpc) is 2.49. The Morgan fingerprint density at radius 3 is 2.93 bits per heavy atom. The van der Waals surface area contributed by atoms with Crippen molar-refractivity contribution in [2.24, 2.45) is 0 Å². The predicted molar refractivity (Wildman–Crippen MR) is 49.7 cm³/mol. The number of carbonyl (C=O) groups is 1. The normalized spacial score (nSPS) is 10.7. The van der Waals surface area contributed by atoms with Gasteiger partial charge in [-0.3, -0.25) is 0 Å². The fourth-order valence-corrected chi connectivity index (χ4v) is 1.40. The van der Waals surface area contributed by atoms with Crippen molar-refractivity contribution in [1.82, 2.24) is 14.6 Å². The molecule has 0 aliphatic rings. The quantitative estimate of drug-likeness (QED) is 0.774. The summed E-state index contributed by atoms with van der Waals surface area (Å²) >= 11 is 5.78. The highest BCUT2D eigenvalue weighted by Crippen LogP contribution is 2.17. The molecule has 1 N–H and O–H groups in total. The fourth-order valence-electron chi connectivity index (χ4n) is 1.23. The molecule has 72 valence electrons. The van der Waals surface area contributed by atoms with Gasteiger partial charge in [-0.25, -0.2) is 14.3 Å². The number of aryl methyl sites for hydroxylation is 1. The standard InChI is InChI=1S/C8H6ClN3O2/c1-4-5(8(13)14)2-10-7-6(9)3-11-12(4)7/h2-3H,1H3,(H,13,14). The molecule has 5 nitrogen and oxygen atoms in total. The molecule has 0 saturated heterocycles. The number of hydrogen-bond acceptors (Lipinski definition) is 3. The van der Waals surface area contributed by atoms with Crippen molar-refractivity contribution < 1.29 is 9.90 Å². The summed E-state index contributed by atoms with van der Waals surface area (Å²) in [5, 5.41) is 13.1. The smallest absolute Gasteiger partial charge is 0.339 e. The SMILES string of the molecule is Cc1c(C(=O)O)cnc2c(Cl)cnn12. The first-order valence-electron chi connectivity index (χ1n) is 3.83. The first-order chi connectivity index (χ1) is 6.61. The molecule has 0 aliphatic carbocycles. The van der Waals surface area contributed by atoms with Gasteiger partial charge in [0.15, 0.2) is 5.65 Å². The molecule has 2 rings (SSSR count). The van der Waals surface area contributed by atoms with Crippen molar-refractivity contribution >= 4 is 23.2 Å². The first-order valence-corrected chi connectivity index (χ1v) is 4.21. The van der Waals surface area contributed by atoms with E-state index in [-0.39, 0.29) is 5.56 Å². The van der Waals surface area contributed by atoms with Crippen molar-refractivity contribution in [3.63, 3.8) is 0 Å². The molecular formula is C8H6ClN3O2. The Hall–Kier alpha value is -1.62. The van der Waals surface area contributed by atoms with Crippen LogP contribution in [0.15, 0.2) is 12.4 Å². The summed E-state index contributed by atoms with van der Waals surface area (Å²) in [4.78, 5) is 14.7. The highest BCUT2D eigenvalue weighted by Gasteiger charge is 2.13. The maximum absolute atomic E-state index is 10.8. The maximum atomic E-state index is 10.8. The van der Waals surface area contributed by atoms with E-state index < -0.39 is 5.97 Å². The zero-order chi connectivity index (χ0) is 10.3. The highest BCUT2D eigenvalue weighted by atomic mass is 35.5. The van der Waals surface area contributed by atoms with E-state index in [0.717, 1.165) is 0 Å². The summed E-state index contributed by atoms with van der Waals surface area (Å²) in [6.07, 6.45) is 2.71. The van der Waals surface area contributed by atoms with Crippen LogP contribution in [0, 0.1) is 6.92 Å². The lowest BCUT2D eigenvalue weighted by Crippen LogP contribution is -2.06. The number of aromatic carboxylic acids is 1. The summed E-state index contributed by atoms with van der Waals surface area (Å²) in [5.74, 6) is -1.02. The van der Waals surface area contributed by atoms with Crippen LogP contribution in [0.2, 0.25) is 5.02 Å². The van der Waals surface area contributed by atoms with Crippen molar-refractivity contribution in [3.8, 4) is 0 Å². The van der Waals surface area contributed by atoms with Gasteiger partial charge in [-0.2, -0.15) is 5.10 Å². The van der Waals surface area contributed by atoms with Gasteiger partial charge in [-0.1, -0.05) is 11.6 Å². The number of aromatic nitrogens is 3. The number of hydrogen-bond donors (Lipinski definition) is 1. The summed E-state index contributed by atoms with van der Waals surface area (Å²) in [7, 11) is 0. The van der Waals surface area contributed by atoms with Crippen LogP contribution in [0.3, 0.4) is 0 Å². The molecule has 0 bridgehead atoms. The fraction of sp³-hybridized carbons (Fsp3) is 0.125. The third kappa shape index (κ3) is 1.13. The zero-order valence-electron chi connectivity index (χ0n) is 7.23. The molecule has 2 heterocycles. The Labute approximate surface area is 83.9 Å². The molecule has 0 radical (unpaired) electrons. The number of rotatable bonds is 1. The van der Waals surface area contributed by atoms with Crippen molar-refractivity contribution in [3.05, 3.63) is 28.7 Å². The minimum absolute atomic E-state index is 0.122. The van der Waals surface area contributed by atoms with Crippen LogP contribution in [0.1, 0.15) is 16.1 Å². The van der Waals surface area contributed by atoms with Gasteiger partial charge >= 0.3 is 5.97 Å². The van der Waals surface area contributed by atoms with Gasteiger partial charge in [0.1, 0.15) is 5.02 Å². The van der Waals surface area contributed by atoms with Crippen molar-refractivity contribution in [2.75, 3.05) is 0 Å². The molecular weight excluding hydrogens is 206 g/mol. The molecule has 0 unspecified atom stereocenters. The average molecular weight is 212 g/mol. The molecule has 0 saturated carbocycles. The first kappa shape index (κ1) is 8.96. The lowest BCUT2D eigenvalue weighted by Gasteiger charge is -2.01. The summed E-state index contributed by atoms with van der Waals surface area (Å²) in [6, 6.07) is 0. The van der Waals surface area contributed by atoms with E-state index in [0.29, 0.717) is 16.4 Å². The van der Waals surface area contributed by atoms with E-state index in [9.17, 15) is 4.79 Å². The number of carboxylic acids is 1. The van der Waals surface area contributed by atoms with Gasteiger partial charge in [0.2, 0.25) is 0 Å². The van der Waals surface area contributed by atoms with Crippen LogP contribution in [-0.4, -0.2) is 25.7 Å². The van der Waals surface area contributed by atoms with Crippen LogP contribution < -0.4 is 0 Å². The molecule has 0 aromatic carbocycles. The van der Waals surface area contributed by atoms with Gasteiger partial charge in [-0.05, 0) is 6.92 Å². The van der Waals surface area contributed by atoms with Gasteiger partial charge < -0.3 is 5.11 Å². The molecule has 0 atom stereocenters. The molecule has 2 aromatic rings. The third-order valence-electron chi connectivity index (χ3n) is 1.95. The van der Waals surface area contributed by atoms with Crippen LogP contribution in [0.25, 0.3) is 5.65 Å². The minimum atomic E-state index is -1.02. The van der Waals surface area contributed by atoms with Gasteiger partial charge in [0.25, 0.3) is 0 Å². The summed E-state index contributed by atoms with van der Waals surface area (Å²) in [6.45, 7) is 1.65. The van der Waals surface area contributed by atoms with E-state index in [4.69, 9.17) is 16.7 Å². The van der Waals surface area contributed by atoms with Crippen LogP contribution >= 0.6 is 11.6 Å². The van der Waals surface area contributed by atoms with E-state index in [1.807, 2.05) is 0 Å². The van der Waals surface area contributed by atoms with E-state index in [1.165, 1.54) is 16.9 Å². The third-order valence-corrected chi connectivity index (χ3v) is 2.22. The Kier molecular flexibility index (Phi) is 1.89. The molecule has 0 aliphatic heterocycles. The van der Waals surface area contributed by atoms with Crippen LogP contribution in [-0.2, 0) is 0 Å². The van der Waals surface area contributed by atoms with Gasteiger partial charge in [-0.15, -0.1) is 0 Å². The molecule has 14 heavy (non-hydrogen) atoms. The number of halogens is 1. The van der Waals surface area contributed by atoms with Crippen LogP contribution in [0.5, 0.6) is 0 Å². The largest absolute Gasteiger partial charge is 0.478 e. The molecule has 0 spiro atoms. The zero-order valence-corrected chi connectivity index (χ0v) is 7.99. The second-order valence-corrected chi connectivity index (χ2v) is 3.20. The van der Waals surface area contributed by atoms with E-state index in [2.05, 4.69) is 10.1 Å². The Bertz CT molecular complexity index is 521. The summed E-state index contributed by atoms with van der Waals surface area (Å²) in [5.41, 5.74) is 1.10. The lowest BCUT2D eigenvalue weighted by molar-refractivity contribution is 0.0695. The van der Waals surface area contributed by atoms with Gasteiger partial charge in [0, 0.05) is 6.20 Å². The lowest BCUT2D eigenvalue weighted by atomic mass is 10.2. The second-order valence-electron chi connectivity index (χ2n) is 2.79. The highest BCUT2D eigenvalue weighted by molar-refractivity contribution is 6.33. The van der Waals surface area contributed by atoms with Crippen molar-refractivity contribution in [2.45, 2.75) is 6.92 Å². The van der Waals surface area contributed by atoms with E-state index in [1.54, 1.807) is 6.92 Å². The van der Waals surface area contributed by atoms with Crippen LogP contribution in [0.4, 0.5) is 0 Å². The number of carboxylic acid groups (broad SMARTS) is 1. The Balaban J connectivity index is 2.82. The van der Waals surface area contributed by atoms with Crippen molar-refractivity contribution in [1.29, 1.82) is 0 Å². The van der Waals surface area contributed by atoms with Gasteiger partial charge in [0.05, 0.1) is 17.5 Å². The topological polar surface area (TPSA) is 67.5 Å².